The van der Waals surface area contributed by atoms with Crippen LogP contribution >= 0.6 is 23.8 Å². The maximum absolute atomic E-state index is 5.91. The van der Waals surface area contributed by atoms with Gasteiger partial charge in [0.2, 0.25) is 0 Å². The number of hydrogen-bond donors (Lipinski definition) is 3. The van der Waals surface area contributed by atoms with E-state index < -0.39 is 0 Å². The second kappa shape index (κ2) is 11.9. The maximum Gasteiger partial charge on any atom is 0.185 e. The Morgan fingerprint density at radius 2 is 1.86 bits per heavy atom. The van der Waals surface area contributed by atoms with Gasteiger partial charge in [0.05, 0.1) is 12.3 Å². The highest BCUT2D eigenvalue weighted by Crippen LogP contribution is 2.17. The van der Waals surface area contributed by atoms with Gasteiger partial charge in [-0.25, -0.2) is 0 Å². The number of halogens is 1. The van der Waals surface area contributed by atoms with E-state index in [4.69, 9.17) is 28.6 Å². The normalized spacial score (nSPS) is 14.2. The molecule has 0 aliphatic carbocycles. The molecule has 1 heterocycles. The molecule has 0 amide bonds. The van der Waals surface area contributed by atoms with Crippen LogP contribution in [0.25, 0.3) is 0 Å². The molecule has 0 spiro atoms. The summed E-state index contributed by atoms with van der Waals surface area (Å²) in [5, 5.41) is 4.41. The number of thiocarbonyl (C=S) groups is 1. The zero-order valence-corrected chi connectivity index (χ0v) is 18.2. The summed E-state index contributed by atoms with van der Waals surface area (Å²) in [5.74, 6) is 0.935. The van der Waals surface area contributed by atoms with E-state index in [2.05, 4.69) is 39.3 Å². The molecule has 0 unspecified atom stereocenters. The third kappa shape index (κ3) is 8.09. The number of nitrogens with zero attached hydrogens (tertiary/aromatic N) is 1. The minimum Gasteiger partial charge on any atom is -0.494 e. The molecule has 1 fully saturated rings. The molecule has 0 radical (unpaired) electrons. The minimum atomic E-state index is 0.545. The maximum atomic E-state index is 5.91. The molecule has 5 nitrogen and oxygen atoms in total. The van der Waals surface area contributed by atoms with Gasteiger partial charge in [-0.05, 0) is 86.5 Å². The van der Waals surface area contributed by atoms with Gasteiger partial charge in [-0.3, -0.25) is 15.8 Å². The molecule has 1 aliphatic heterocycles. The molecule has 3 rings (SSSR count). The lowest BCUT2D eigenvalue weighted by atomic mass is 10.1. The Kier molecular flexibility index (Phi) is 8.86. The molecule has 0 atom stereocenters. The van der Waals surface area contributed by atoms with E-state index in [0.717, 1.165) is 30.9 Å². The molecular weight excluding hydrogens is 404 g/mol. The van der Waals surface area contributed by atoms with Crippen LogP contribution in [0.15, 0.2) is 48.5 Å². The Morgan fingerprint density at radius 1 is 1.07 bits per heavy atom. The Balaban J connectivity index is 1.29. The van der Waals surface area contributed by atoms with Crippen LogP contribution in [0.5, 0.6) is 5.75 Å². The summed E-state index contributed by atoms with van der Waals surface area (Å²) in [6.45, 7) is 4.81. The topological polar surface area (TPSA) is 48.6 Å². The quantitative estimate of drug-likeness (QED) is 0.306. The molecule has 0 bridgehead atoms. The smallest absolute Gasteiger partial charge is 0.185 e. The molecule has 1 saturated heterocycles. The van der Waals surface area contributed by atoms with Crippen LogP contribution in [-0.4, -0.2) is 36.3 Å². The van der Waals surface area contributed by atoms with Crippen molar-refractivity contribution >= 4 is 34.6 Å². The van der Waals surface area contributed by atoms with E-state index in [-0.39, 0.29) is 0 Å². The summed E-state index contributed by atoms with van der Waals surface area (Å²) < 4.78 is 5.91. The van der Waals surface area contributed by atoms with Gasteiger partial charge in [0.1, 0.15) is 5.75 Å². The van der Waals surface area contributed by atoms with Crippen LogP contribution in [0.2, 0.25) is 5.02 Å². The van der Waals surface area contributed by atoms with Crippen LogP contribution in [0, 0.1) is 0 Å². The van der Waals surface area contributed by atoms with Crippen molar-refractivity contribution in [3.63, 3.8) is 0 Å². The summed E-state index contributed by atoms with van der Waals surface area (Å²) in [4.78, 5) is 2.53. The lowest BCUT2D eigenvalue weighted by molar-refractivity contribution is 0.220. The van der Waals surface area contributed by atoms with Gasteiger partial charge in [-0.1, -0.05) is 30.2 Å². The average molecular weight is 433 g/mol. The van der Waals surface area contributed by atoms with Crippen LogP contribution < -0.4 is 20.9 Å². The SMILES string of the molecule is S=C(NCCCOc1cccc(CN2CCCCC2)c1)NNc1ccc(Cl)cc1. The third-order valence-corrected chi connectivity index (χ3v) is 5.29. The number of nitrogens with one attached hydrogen (secondary N) is 3. The number of piperidine rings is 1. The second-order valence-corrected chi connectivity index (χ2v) is 8.04. The number of hydrogen-bond acceptors (Lipinski definition) is 4. The monoisotopic (exact) mass is 432 g/mol. The predicted molar refractivity (Wildman–Crippen MR) is 124 cm³/mol. The van der Waals surface area contributed by atoms with Gasteiger partial charge in [0.15, 0.2) is 5.11 Å². The van der Waals surface area contributed by atoms with Crippen molar-refractivity contribution in [1.29, 1.82) is 0 Å². The number of hydrazine groups is 1. The van der Waals surface area contributed by atoms with Crippen LogP contribution in [0.1, 0.15) is 31.2 Å². The summed E-state index contributed by atoms with van der Waals surface area (Å²) in [6.07, 6.45) is 4.85. The lowest BCUT2D eigenvalue weighted by Crippen LogP contribution is -2.39. The van der Waals surface area contributed by atoms with Crippen molar-refractivity contribution in [3.8, 4) is 5.75 Å². The Bertz CT molecular complexity index is 766. The van der Waals surface area contributed by atoms with E-state index >= 15 is 0 Å². The molecule has 1 aliphatic rings. The van der Waals surface area contributed by atoms with E-state index in [1.165, 1.54) is 37.9 Å². The first kappa shape index (κ1) is 21.7. The van der Waals surface area contributed by atoms with Crippen LogP contribution in [-0.2, 0) is 6.54 Å². The fourth-order valence-corrected chi connectivity index (χ4v) is 3.56. The fourth-order valence-electron chi connectivity index (χ4n) is 3.28. The largest absolute Gasteiger partial charge is 0.494 e. The molecule has 3 N–H and O–H groups in total. The van der Waals surface area contributed by atoms with Gasteiger partial charge in [0, 0.05) is 18.1 Å². The molecule has 2 aromatic carbocycles. The van der Waals surface area contributed by atoms with E-state index in [0.29, 0.717) is 16.7 Å². The number of ether oxygens (including phenoxy) is 1. The number of anilines is 1. The average Bonchev–Trinajstić information content (AvgIpc) is 2.74. The van der Waals surface area contributed by atoms with Crippen LogP contribution in [0.3, 0.4) is 0 Å². The summed E-state index contributed by atoms with van der Waals surface area (Å²) in [6, 6.07) is 15.8. The van der Waals surface area contributed by atoms with Crippen molar-refractivity contribution < 1.29 is 4.74 Å². The number of rotatable bonds is 9. The molecule has 29 heavy (non-hydrogen) atoms. The Labute approximate surface area is 183 Å². The van der Waals surface area contributed by atoms with Crippen LogP contribution in [0.4, 0.5) is 5.69 Å². The minimum absolute atomic E-state index is 0.545. The molecule has 2 aromatic rings. The highest BCUT2D eigenvalue weighted by Gasteiger charge is 2.10. The first-order valence-electron chi connectivity index (χ1n) is 10.2. The van der Waals surface area contributed by atoms with Gasteiger partial charge in [0.25, 0.3) is 0 Å². The van der Waals surface area contributed by atoms with Gasteiger partial charge in [-0.2, -0.15) is 0 Å². The third-order valence-electron chi connectivity index (χ3n) is 4.79. The van der Waals surface area contributed by atoms with E-state index in [1.807, 2.05) is 30.3 Å². The van der Waals surface area contributed by atoms with Crippen molar-refractivity contribution in [2.24, 2.45) is 0 Å². The fraction of sp³-hybridized carbons (Fsp3) is 0.409. The summed E-state index contributed by atoms with van der Waals surface area (Å²) in [7, 11) is 0. The first-order valence-corrected chi connectivity index (χ1v) is 11.0. The highest BCUT2D eigenvalue weighted by atomic mass is 35.5. The van der Waals surface area contributed by atoms with Crippen molar-refractivity contribution in [2.45, 2.75) is 32.2 Å². The second-order valence-electron chi connectivity index (χ2n) is 7.20. The molecule has 7 heteroatoms. The zero-order chi connectivity index (χ0) is 20.3. The lowest BCUT2D eigenvalue weighted by Gasteiger charge is -2.26. The van der Waals surface area contributed by atoms with Crippen molar-refractivity contribution in [2.75, 3.05) is 31.7 Å². The number of benzene rings is 2. The van der Waals surface area contributed by atoms with E-state index in [1.54, 1.807) is 0 Å². The van der Waals surface area contributed by atoms with E-state index in [9.17, 15) is 0 Å². The Morgan fingerprint density at radius 3 is 2.66 bits per heavy atom. The van der Waals surface area contributed by atoms with Gasteiger partial charge < -0.3 is 10.1 Å². The first-order chi connectivity index (χ1) is 14.2. The molecular formula is C22H29ClN4OS. The predicted octanol–water partition coefficient (Wildman–Crippen LogP) is 4.59. The standard InChI is InChI=1S/C22H29ClN4OS/c23-19-8-10-20(11-9-19)25-26-22(29)24-12-5-15-28-21-7-4-6-18(16-21)17-27-13-2-1-3-14-27/h4,6-11,16,25H,1-3,5,12-15,17H2,(H2,24,26,29). The number of likely N-dealkylation sites (tertiary alicyclic amines) is 1. The molecule has 0 aromatic heterocycles. The molecule has 156 valence electrons. The van der Waals surface area contributed by atoms with Crippen molar-refractivity contribution in [1.82, 2.24) is 15.6 Å². The Hall–Kier alpha value is -2.02. The zero-order valence-electron chi connectivity index (χ0n) is 16.6. The highest BCUT2D eigenvalue weighted by molar-refractivity contribution is 7.80. The van der Waals surface area contributed by atoms with Gasteiger partial charge >= 0.3 is 0 Å². The molecule has 0 saturated carbocycles. The summed E-state index contributed by atoms with van der Waals surface area (Å²) in [5.41, 5.74) is 8.20. The van der Waals surface area contributed by atoms with Gasteiger partial charge in [-0.15, -0.1) is 0 Å². The summed E-state index contributed by atoms with van der Waals surface area (Å²) >= 11 is 11.1. The van der Waals surface area contributed by atoms with Crippen molar-refractivity contribution in [3.05, 3.63) is 59.1 Å².